The number of ether oxygens (including phenoxy) is 6. The molecule has 43 heavy (non-hydrogen) atoms. The number of fused-ring (bicyclic) bond motifs is 1. The first-order valence-corrected chi connectivity index (χ1v) is 13.0. The van der Waals surface area contributed by atoms with E-state index < -0.39 is 17.9 Å². The summed E-state index contributed by atoms with van der Waals surface area (Å²) in [6.45, 7) is 10.5. The van der Waals surface area contributed by atoms with E-state index in [1.807, 2.05) is 42.5 Å². The minimum absolute atomic E-state index is 0.00268. The van der Waals surface area contributed by atoms with Crippen LogP contribution in [-0.4, -0.2) is 38.2 Å². The summed E-state index contributed by atoms with van der Waals surface area (Å²) in [6, 6.07) is 21.3. The highest BCUT2D eigenvalue weighted by molar-refractivity contribution is 5.90. The molecule has 0 aromatic heterocycles. The van der Waals surface area contributed by atoms with Crippen molar-refractivity contribution in [1.82, 2.24) is 0 Å². The SMILES string of the molecule is C=CC(=O)Oc1ccc(-c2ccc3cc(OCCOc4ccc(OC(=O)C=C)c(OC(=O)C=C)c4)ccc3c2)c(OC)c1. The summed E-state index contributed by atoms with van der Waals surface area (Å²) in [6.07, 6.45) is 3.08. The predicted octanol–water partition coefficient (Wildman–Crippen LogP) is 6.25. The number of methoxy groups -OCH3 is 1. The van der Waals surface area contributed by atoms with Crippen LogP contribution in [-0.2, 0) is 14.4 Å². The highest BCUT2D eigenvalue weighted by atomic mass is 16.6. The molecule has 0 aliphatic carbocycles. The molecule has 0 saturated heterocycles. The maximum Gasteiger partial charge on any atom is 0.335 e. The molecule has 0 fully saturated rings. The lowest BCUT2D eigenvalue weighted by molar-refractivity contribution is -0.131. The van der Waals surface area contributed by atoms with Crippen LogP contribution >= 0.6 is 0 Å². The van der Waals surface area contributed by atoms with Crippen LogP contribution in [0.1, 0.15) is 0 Å². The van der Waals surface area contributed by atoms with Crippen LogP contribution in [0.15, 0.2) is 111 Å². The monoisotopic (exact) mass is 580 g/mol. The van der Waals surface area contributed by atoms with Crippen molar-refractivity contribution in [2.24, 2.45) is 0 Å². The van der Waals surface area contributed by atoms with Gasteiger partial charge in [-0.3, -0.25) is 0 Å². The van der Waals surface area contributed by atoms with Gasteiger partial charge in [0.1, 0.15) is 36.2 Å². The molecule has 0 N–H and O–H groups in total. The number of carbonyl (C=O) groups excluding carboxylic acids is 3. The molecule has 0 bridgehead atoms. The Morgan fingerprint density at radius 3 is 1.79 bits per heavy atom. The van der Waals surface area contributed by atoms with Crippen molar-refractivity contribution in [3.8, 4) is 45.6 Å². The van der Waals surface area contributed by atoms with Crippen molar-refractivity contribution in [2.75, 3.05) is 20.3 Å². The van der Waals surface area contributed by atoms with E-state index >= 15 is 0 Å². The molecule has 0 heterocycles. The minimum atomic E-state index is -0.719. The molecule has 0 aliphatic heterocycles. The van der Waals surface area contributed by atoms with E-state index in [2.05, 4.69) is 19.7 Å². The summed E-state index contributed by atoms with van der Waals surface area (Å²) in [5.41, 5.74) is 1.77. The van der Waals surface area contributed by atoms with Crippen molar-refractivity contribution < 1.29 is 42.8 Å². The van der Waals surface area contributed by atoms with Crippen molar-refractivity contribution in [3.63, 3.8) is 0 Å². The number of hydrogen-bond donors (Lipinski definition) is 0. The average Bonchev–Trinajstić information content (AvgIpc) is 3.03. The van der Waals surface area contributed by atoms with Crippen LogP contribution in [0.3, 0.4) is 0 Å². The normalized spacial score (nSPS) is 10.3. The average molecular weight is 581 g/mol. The zero-order chi connectivity index (χ0) is 30.8. The van der Waals surface area contributed by atoms with Gasteiger partial charge in [-0.1, -0.05) is 37.9 Å². The lowest BCUT2D eigenvalue weighted by Gasteiger charge is -2.13. The number of rotatable bonds is 13. The Kier molecular flexibility index (Phi) is 9.94. The largest absolute Gasteiger partial charge is 0.496 e. The fraction of sp³-hybridized carbons (Fsp3) is 0.0882. The van der Waals surface area contributed by atoms with Gasteiger partial charge in [0.25, 0.3) is 0 Å². The summed E-state index contributed by atoms with van der Waals surface area (Å²) >= 11 is 0. The van der Waals surface area contributed by atoms with E-state index in [4.69, 9.17) is 28.4 Å². The summed E-state index contributed by atoms with van der Waals surface area (Å²) in [5, 5.41) is 1.96. The second-order valence-corrected chi connectivity index (χ2v) is 8.77. The number of hydrogen-bond acceptors (Lipinski definition) is 9. The molecule has 4 aromatic rings. The zero-order valence-corrected chi connectivity index (χ0v) is 23.4. The van der Waals surface area contributed by atoms with Crippen molar-refractivity contribution in [1.29, 1.82) is 0 Å². The second-order valence-electron chi connectivity index (χ2n) is 8.77. The van der Waals surface area contributed by atoms with E-state index in [-0.39, 0.29) is 24.7 Å². The maximum absolute atomic E-state index is 11.7. The molecule has 0 aliphatic rings. The highest BCUT2D eigenvalue weighted by Crippen LogP contribution is 2.36. The van der Waals surface area contributed by atoms with Gasteiger partial charge in [-0.2, -0.15) is 0 Å². The fourth-order valence-corrected chi connectivity index (χ4v) is 3.97. The van der Waals surface area contributed by atoms with Gasteiger partial charge in [0.05, 0.1) is 7.11 Å². The Balaban J connectivity index is 1.40. The molecule has 0 unspecified atom stereocenters. The van der Waals surface area contributed by atoms with Gasteiger partial charge in [-0.25, -0.2) is 14.4 Å². The van der Waals surface area contributed by atoms with Crippen LogP contribution in [0.4, 0.5) is 0 Å². The highest BCUT2D eigenvalue weighted by Gasteiger charge is 2.14. The van der Waals surface area contributed by atoms with Gasteiger partial charge in [0.2, 0.25) is 0 Å². The molecule has 9 heteroatoms. The minimum Gasteiger partial charge on any atom is -0.496 e. The first-order valence-electron chi connectivity index (χ1n) is 13.0. The van der Waals surface area contributed by atoms with Gasteiger partial charge in [0.15, 0.2) is 11.5 Å². The van der Waals surface area contributed by atoms with Crippen LogP contribution in [0.25, 0.3) is 21.9 Å². The topological polar surface area (TPSA) is 107 Å². The molecule has 9 nitrogen and oxygen atoms in total. The molecule has 4 aromatic carbocycles. The van der Waals surface area contributed by atoms with E-state index in [0.29, 0.717) is 23.0 Å². The number of esters is 3. The van der Waals surface area contributed by atoms with Crippen molar-refractivity contribution >= 4 is 28.7 Å². The van der Waals surface area contributed by atoms with Gasteiger partial charge in [0, 0.05) is 35.9 Å². The number of benzene rings is 4. The van der Waals surface area contributed by atoms with E-state index in [9.17, 15) is 14.4 Å². The lowest BCUT2D eigenvalue weighted by atomic mass is 10.00. The van der Waals surface area contributed by atoms with Crippen molar-refractivity contribution in [2.45, 2.75) is 0 Å². The van der Waals surface area contributed by atoms with Crippen LogP contribution < -0.4 is 28.4 Å². The molecule has 0 atom stereocenters. The summed E-state index contributed by atoms with van der Waals surface area (Å²) < 4.78 is 32.6. The van der Waals surface area contributed by atoms with Crippen LogP contribution in [0.5, 0.6) is 34.5 Å². The quantitative estimate of drug-likeness (QED) is 0.0785. The van der Waals surface area contributed by atoms with Crippen LogP contribution in [0, 0.1) is 0 Å². The Morgan fingerprint density at radius 1 is 0.581 bits per heavy atom. The fourth-order valence-electron chi connectivity index (χ4n) is 3.97. The molecule has 0 amide bonds. The third-order valence-corrected chi connectivity index (χ3v) is 5.97. The Bertz CT molecular complexity index is 1700. The summed E-state index contributed by atoms with van der Waals surface area (Å²) in [5.74, 6) is 0.0176. The third kappa shape index (κ3) is 7.89. The van der Waals surface area contributed by atoms with E-state index in [1.54, 1.807) is 25.3 Å². The second kappa shape index (κ2) is 14.2. The summed E-state index contributed by atoms with van der Waals surface area (Å²) in [4.78, 5) is 34.8. The Hall–Kier alpha value is -5.83. The zero-order valence-electron chi connectivity index (χ0n) is 23.4. The Morgan fingerprint density at radius 2 is 1.12 bits per heavy atom. The lowest BCUT2D eigenvalue weighted by Crippen LogP contribution is -2.11. The third-order valence-electron chi connectivity index (χ3n) is 5.97. The first kappa shape index (κ1) is 30.1. The van der Waals surface area contributed by atoms with Gasteiger partial charge >= 0.3 is 17.9 Å². The first-order chi connectivity index (χ1) is 20.8. The maximum atomic E-state index is 11.7. The molecular weight excluding hydrogens is 552 g/mol. The van der Waals surface area contributed by atoms with Gasteiger partial charge < -0.3 is 28.4 Å². The van der Waals surface area contributed by atoms with Gasteiger partial charge in [-0.05, 0) is 58.8 Å². The standard InChI is InChI=1S/C34H28O9/c1-5-32(35)41-27-12-14-28(30(21-27)38-4)24-9-8-23-19-25(11-10-22(23)18-24)39-16-17-40-26-13-15-29(42-33(36)6-2)31(20-26)43-34(37)7-3/h5-15,18-21H,1-3,16-17H2,4H3. The van der Waals surface area contributed by atoms with Gasteiger partial charge in [-0.15, -0.1) is 0 Å². The Labute approximate surface area is 248 Å². The molecular formula is C34H28O9. The van der Waals surface area contributed by atoms with E-state index in [1.165, 1.54) is 12.1 Å². The smallest absolute Gasteiger partial charge is 0.335 e. The van der Waals surface area contributed by atoms with Crippen LogP contribution in [0.2, 0.25) is 0 Å². The molecule has 218 valence electrons. The molecule has 4 rings (SSSR count). The van der Waals surface area contributed by atoms with Crippen molar-refractivity contribution in [3.05, 3.63) is 111 Å². The molecule has 0 saturated carbocycles. The molecule has 0 radical (unpaired) electrons. The predicted molar refractivity (Wildman–Crippen MR) is 161 cm³/mol. The summed E-state index contributed by atoms with van der Waals surface area (Å²) in [7, 11) is 1.55. The molecule has 0 spiro atoms. The van der Waals surface area contributed by atoms with E-state index in [0.717, 1.165) is 40.1 Å². The number of carbonyl (C=O) groups is 3.